The summed E-state index contributed by atoms with van der Waals surface area (Å²) in [6, 6.07) is 15.4. The van der Waals surface area contributed by atoms with Gasteiger partial charge in [-0.1, -0.05) is 42.5 Å². The maximum Gasteiger partial charge on any atom is 0.243 e. The van der Waals surface area contributed by atoms with E-state index < -0.39 is 0 Å². The highest BCUT2D eigenvalue weighted by atomic mass is 16.5. The van der Waals surface area contributed by atoms with E-state index in [-0.39, 0.29) is 5.91 Å². The Morgan fingerprint density at radius 1 is 1.06 bits per heavy atom. The van der Waals surface area contributed by atoms with Gasteiger partial charge in [0.25, 0.3) is 0 Å². The van der Waals surface area contributed by atoms with Crippen LogP contribution in [0.15, 0.2) is 54.1 Å². The summed E-state index contributed by atoms with van der Waals surface area (Å²) in [4.78, 5) is 13.7. The Bertz CT molecular complexity index is 867. The van der Waals surface area contributed by atoms with Crippen molar-refractivity contribution in [3.63, 3.8) is 0 Å². The van der Waals surface area contributed by atoms with E-state index in [1.165, 1.54) is 11.0 Å². The van der Waals surface area contributed by atoms with Gasteiger partial charge in [-0.25, -0.2) is 5.48 Å². The molecule has 0 saturated heterocycles. The number of nitrogens with zero attached hydrogens (tertiary/aromatic N) is 1. The van der Waals surface area contributed by atoms with Crippen molar-refractivity contribution in [2.45, 2.75) is 65.5 Å². The van der Waals surface area contributed by atoms with Crippen LogP contribution in [0.25, 0.3) is 10.8 Å². The van der Waals surface area contributed by atoms with Crippen LogP contribution in [-0.2, 0) is 4.79 Å². The van der Waals surface area contributed by atoms with Crippen LogP contribution in [0.2, 0.25) is 0 Å². The van der Waals surface area contributed by atoms with E-state index in [0.29, 0.717) is 25.1 Å². The molecule has 1 amide bonds. The number of rotatable bonds is 15. The third-order valence-electron chi connectivity index (χ3n) is 5.80. The Kier molecular flexibility index (Phi) is 11.9. The highest BCUT2D eigenvalue weighted by Crippen LogP contribution is 2.25. The van der Waals surface area contributed by atoms with Crippen molar-refractivity contribution in [3.05, 3.63) is 54.1 Å². The second kappa shape index (κ2) is 14.7. The lowest BCUT2D eigenvalue weighted by Crippen LogP contribution is -2.41. The van der Waals surface area contributed by atoms with Crippen LogP contribution < -0.4 is 15.5 Å². The van der Waals surface area contributed by atoms with Gasteiger partial charge in [0, 0.05) is 43.5 Å². The monoisotopic (exact) mass is 455 g/mol. The summed E-state index contributed by atoms with van der Waals surface area (Å²) in [6.07, 6.45) is 5.06. The van der Waals surface area contributed by atoms with Crippen molar-refractivity contribution >= 4 is 16.7 Å². The molecule has 6 nitrogen and oxygen atoms in total. The number of carbonyl (C=O) groups excluding carboxylic acids is 1. The van der Waals surface area contributed by atoms with Gasteiger partial charge in [-0.2, -0.15) is 0 Å². The van der Waals surface area contributed by atoms with E-state index in [1.54, 1.807) is 5.48 Å². The van der Waals surface area contributed by atoms with Gasteiger partial charge in [-0.05, 0) is 64.0 Å². The maximum absolute atomic E-state index is 11.2. The minimum Gasteiger partial charge on any atom is -0.489 e. The Balaban J connectivity index is 1.94. The summed E-state index contributed by atoms with van der Waals surface area (Å²) in [5, 5.41) is 14.5. The predicted octanol–water partition coefficient (Wildman–Crippen LogP) is 4.92. The Hall–Kier alpha value is -2.41. The third kappa shape index (κ3) is 9.54. The number of benzene rings is 2. The first-order valence-electron chi connectivity index (χ1n) is 12.1. The van der Waals surface area contributed by atoms with Gasteiger partial charge in [0.15, 0.2) is 0 Å². The fraction of sp³-hybridized carbons (Fsp3) is 0.519. The Morgan fingerprint density at radius 2 is 1.79 bits per heavy atom. The summed E-state index contributed by atoms with van der Waals surface area (Å²) in [5.74, 6) is 0.560. The molecule has 2 aromatic rings. The number of hydrogen-bond donors (Lipinski definition) is 3. The number of amides is 1. The van der Waals surface area contributed by atoms with Crippen LogP contribution in [-0.4, -0.2) is 54.3 Å². The molecule has 6 heteroatoms. The molecule has 2 aromatic carbocycles. The second-order valence-corrected chi connectivity index (χ2v) is 9.01. The van der Waals surface area contributed by atoms with E-state index >= 15 is 0 Å². The van der Waals surface area contributed by atoms with Crippen LogP contribution in [0.4, 0.5) is 0 Å². The molecule has 2 rings (SSSR count). The molecule has 0 aliphatic carbocycles. The van der Waals surface area contributed by atoms with Gasteiger partial charge in [0.1, 0.15) is 12.4 Å². The quantitative estimate of drug-likeness (QED) is 0.154. The molecule has 0 unspecified atom stereocenters. The van der Waals surface area contributed by atoms with Crippen LogP contribution in [0.1, 0.15) is 53.4 Å². The largest absolute Gasteiger partial charge is 0.489 e. The summed E-state index contributed by atoms with van der Waals surface area (Å²) >= 11 is 0. The predicted molar refractivity (Wildman–Crippen MR) is 136 cm³/mol. The molecule has 0 aromatic heterocycles. The van der Waals surface area contributed by atoms with Crippen molar-refractivity contribution in [1.29, 1.82) is 0 Å². The molecule has 182 valence electrons. The molecule has 0 heterocycles. The molecular formula is C27H41N3O3. The SMILES string of the molecule is CC(C)N(CCNCC(=CCCCCC(=O)NO)COc1cccc2ccccc12)C(C)C. The average molecular weight is 456 g/mol. The fourth-order valence-corrected chi connectivity index (χ4v) is 4.04. The number of hydroxylamine groups is 1. The highest BCUT2D eigenvalue weighted by molar-refractivity contribution is 5.88. The molecule has 0 fully saturated rings. The molecular weight excluding hydrogens is 414 g/mol. The topological polar surface area (TPSA) is 73.8 Å². The van der Waals surface area contributed by atoms with Gasteiger partial charge in [0.05, 0.1) is 0 Å². The fourth-order valence-electron chi connectivity index (χ4n) is 4.04. The third-order valence-corrected chi connectivity index (χ3v) is 5.80. The summed E-state index contributed by atoms with van der Waals surface area (Å²) < 4.78 is 6.23. The number of fused-ring (bicyclic) bond motifs is 1. The number of unbranched alkanes of at least 4 members (excludes halogenated alkanes) is 2. The summed E-state index contributed by atoms with van der Waals surface area (Å²) in [7, 11) is 0. The normalized spacial score (nSPS) is 12.2. The molecule has 0 radical (unpaired) electrons. The second-order valence-electron chi connectivity index (χ2n) is 9.01. The van der Waals surface area contributed by atoms with Crippen molar-refractivity contribution in [3.8, 4) is 5.75 Å². The highest BCUT2D eigenvalue weighted by Gasteiger charge is 2.12. The number of hydrogen-bond acceptors (Lipinski definition) is 5. The molecule has 0 aliphatic heterocycles. The van der Waals surface area contributed by atoms with Gasteiger partial charge in [0.2, 0.25) is 5.91 Å². The lowest BCUT2D eigenvalue weighted by Gasteiger charge is -2.30. The zero-order valence-corrected chi connectivity index (χ0v) is 20.6. The summed E-state index contributed by atoms with van der Waals surface area (Å²) in [6.45, 7) is 12.2. The summed E-state index contributed by atoms with van der Waals surface area (Å²) in [5.41, 5.74) is 2.89. The number of ether oxygens (including phenoxy) is 1. The first-order chi connectivity index (χ1) is 15.9. The first kappa shape index (κ1) is 26.8. The van der Waals surface area contributed by atoms with E-state index in [1.807, 2.05) is 24.3 Å². The number of nitrogens with one attached hydrogen (secondary N) is 2. The molecule has 3 N–H and O–H groups in total. The molecule has 0 aliphatic rings. The lowest BCUT2D eigenvalue weighted by atomic mass is 10.1. The van der Waals surface area contributed by atoms with E-state index in [2.05, 4.69) is 62.2 Å². The standard InChI is InChI=1S/C27H41N3O3/c1-21(2)30(22(3)4)18-17-28-19-23(11-6-5-7-16-27(31)29-32)20-33-26-15-10-13-24-12-8-9-14-25(24)26/h8-15,21-22,28,32H,5-7,16-20H2,1-4H3,(H,29,31). The van der Waals surface area contributed by atoms with Crippen LogP contribution >= 0.6 is 0 Å². The Morgan fingerprint density at radius 3 is 2.52 bits per heavy atom. The Labute approximate surface area is 199 Å². The van der Waals surface area contributed by atoms with Crippen molar-refractivity contribution in [2.75, 3.05) is 26.2 Å². The van der Waals surface area contributed by atoms with Gasteiger partial charge < -0.3 is 10.1 Å². The van der Waals surface area contributed by atoms with Crippen LogP contribution in [0.3, 0.4) is 0 Å². The van der Waals surface area contributed by atoms with E-state index in [9.17, 15) is 4.79 Å². The minimum atomic E-state index is -0.333. The maximum atomic E-state index is 11.2. The number of allylic oxidation sites excluding steroid dienone is 1. The van der Waals surface area contributed by atoms with Crippen molar-refractivity contribution in [2.24, 2.45) is 0 Å². The zero-order chi connectivity index (χ0) is 24.1. The van der Waals surface area contributed by atoms with Gasteiger partial charge in [-0.15, -0.1) is 0 Å². The van der Waals surface area contributed by atoms with Crippen LogP contribution in [0, 0.1) is 0 Å². The average Bonchev–Trinajstić information content (AvgIpc) is 2.80. The van der Waals surface area contributed by atoms with Gasteiger partial charge in [-0.3, -0.25) is 14.9 Å². The molecule has 0 atom stereocenters. The minimum absolute atomic E-state index is 0.333. The zero-order valence-electron chi connectivity index (χ0n) is 20.6. The first-order valence-corrected chi connectivity index (χ1v) is 12.1. The van der Waals surface area contributed by atoms with Crippen LogP contribution in [0.5, 0.6) is 5.75 Å². The van der Waals surface area contributed by atoms with Gasteiger partial charge >= 0.3 is 0 Å². The smallest absolute Gasteiger partial charge is 0.243 e. The molecule has 33 heavy (non-hydrogen) atoms. The molecule has 0 bridgehead atoms. The molecule has 0 saturated carbocycles. The van der Waals surface area contributed by atoms with Crippen molar-refractivity contribution in [1.82, 2.24) is 15.7 Å². The van der Waals surface area contributed by atoms with E-state index in [0.717, 1.165) is 50.0 Å². The lowest BCUT2D eigenvalue weighted by molar-refractivity contribution is -0.129. The molecule has 0 spiro atoms. The van der Waals surface area contributed by atoms with E-state index in [4.69, 9.17) is 9.94 Å². The number of carbonyl (C=O) groups is 1. The van der Waals surface area contributed by atoms with Crippen molar-refractivity contribution < 1.29 is 14.7 Å².